The molecule has 0 radical (unpaired) electrons. The van der Waals surface area contributed by atoms with Gasteiger partial charge in [0.05, 0.1) is 5.56 Å². The Labute approximate surface area is 182 Å². The third-order valence-corrected chi connectivity index (χ3v) is 7.87. The molecule has 7 heteroatoms. The number of aliphatic hydroxyl groups excluding tert-OH is 1. The van der Waals surface area contributed by atoms with E-state index in [4.69, 9.17) is 14.2 Å². The fourth-order valence-electron chi connectivity index (χ4n) is 6.21. The van der Waals surface area contributed by atoms with E-state index < -0.39 is 47.8 Å². The molecule has 1 N–H and O–H groups in total. The van der Waals surface area contributed by atoms with Crippen LogP contribution in [0.5, 0.6) is 0 Å². The van der Waals surface area contributed by atoms with Crippen molar-refractivity contribution in [3.63, 3.8) is 0 Å². The summed E-state index contributed by atoms with van der Waals surface area (Å²) in [6.07, 6.45) is 1.20. The maximum atomic E-state index is 13.3. The van der Waals surface area contributed by atoms with E-state index in [1.54, 1.807) is 0 Å². The minimum absolute atomic E-state index is 0.00980. The summed E-state index contributed by atoms with van der Waals surface area (Å²) in [4.78, 5) is 25.0. The lowest BCUT2D eigenvalue weighted by molar-refractivity contribution is -0.259. The quantitative estimate of drug-likeness (QED) is 0.715. The highest BCUT2D eigenvalue weighted by Crippen LogP contribution is 2.63. The molecule has 1 aromatic carbocycles. The summed E-state index contributed by atoms with van der Waals surface area (Å²) in [6.45, 7) is 7.51. The summed E-state index contributed by atoms with van der Waals surface area (Å²) >= 11 is 0. The van der Waals surface area contributed by atoms with E-state index in [0.717, 1.165) is 12.8 Å². The smallest absolute Gasteiger partial charge is 0.338 e. The van der Waals surface area contributed by atoms with Gasteiger partial charge < -0.3 is 19.3 Å². The topological polar surface area (TPSA) is 82.1 Å². The van der Waals surface area contributed by atoms with Crippen LogP contribution in [0.25, 0.3) is 0 Å². The number of benzene rings is 1. The molecular weight excluding hydrogens is 403 g/mol. The van der Waals surface area contributed by atoms with Crippen LogP contribution in [0.2, 0.25) is 0 Å². The van der Waals surface area contributed by atoms with Gasteiger partial charge in [0, 0.05) is 12.3 Å². The number of aliphatic hydroxyl groups is 1. The Morgan fingerprint density at radius 2 is 1.90 bits per heavy atom. The molecule has 0 aromatic heterocycles. The first kappa shape index (κ1) is 22.2. The lowest BCUT2D eigenvalue weighted by Gasteiger charge is -2.53. The number of hydrogen-bond donors (Lipinski definition) is 1. The maximum Gasteiger partial charge on any atom is 0.338 e. The third kappa shape index (κ3) is 3.46. The minimum atomic E-state index is -0.815. The number of carbonyl (C=O) groups excluding carboxylic acids is 2. The van der Waals surface area contributed by atoms with Gasteiger partial charge in [0.2, 0.25) is 0 Å². The van der Waals surface area contributed by atoms with E-state index in [1.807, 2.05) is 20.8 Å². The van der Waals surface area contributed by atoms with Crippen molar-refractivity contribution in [1.82, 2.24) is 0 Å². The van der Waals surface area contributed by atoms with Crippen molar-refractivity contribution in [3.05, 3.63) is 35.6 Å². The average molecular weight is 435 g/mol. The highest BCUT2D eigenvalue weighted by atomic mass is 19.1. The highest BCUT2D eigenvalue weighted by molar-refractivity contribution is 5.89. The van der Waals surface area contributed by atoms with E-state index in [1.165, 1.54) is 24.3 Å². The summed E-state index contributed by atoms with van der Waals surface area (Å²) in [5.41, 5.74) is -1.23. The number of hydrogen-bond acceptors (Lipinski definition) is 6. The number of halogens is 1. The van der Waals surface area contributed by atoms with Gasteiger partial charge in [-0.3, -0.25) is 0 Å². The second-order valence-electron chi connectivity index (χ2n) is 9.81. The van der Waals surface area contributed by atoms with Crippen LogP contribution in [0.3, 0.4) is 0 Å². The largest absolute Gasteiger partial charge is 0.457 e. The van der Waals surface area contributed by atoms with Gasteiger partial charge >= 0.3 is 11.9 Å². The van der Waals surface area contributed by atoms with Crippen LogP contribution in [0, 0.1) is 29.5 Å². The lowest BCUT2D eigenvalue weighted by atomic mass is 9.69. The molecule has 0 spiro atoms. The number of ether oxygens (including phenoxy) is 3. The zero-order valence-electron chi connectivity index (χ0n) is 18.5. The second kappa shape index (κ2) is 7.85. The van der Waals surface area contributed by atoms with Crippen molar-refractivity contribution in [2.45, 2.75) is 70.4 Å². The van der Waals surface area contributed by atoms with Crippen molar-refractivity contribution < 1.29 is 33.3 Å². The summed E-state index contributed by atoms with van der Waals surface area (Å²) in [5, 5.41) is 9.23. The minimum Gasteiger partial charge on any atom is -0.457 e. The van der Waals surface area contributed by atoms with Crippen LogP contribution >= 0.6 is 0 Å². The van der Waals surface area contributed by atoms with Crippen LogP contribution in [0.1, 0.15) is 57.3 Å². The molecule has 0 amide bonds. The Hall–Kier alpha value is -1.99. The van der Waals surface area contributed by atoms with Crippen LogP contribution in [0.4, 0.5) is 4.39 Å². The van der Waals surface area contributed by atoms with E-state index >= 15 is 0 Å². The molecular formula is C24H31FO6. The summed E-state index contributed by atoms with van der Waals surface area (Å²) < 4.78 is 31.8. The number of rotatable bonds is 5. The predicted octanol–water partition coefficient (Wildman–Crippen LogP) is 3.50. The molecule has 1 aliphatic carbocycles. The molecule has 3 unspecified atom stereocenters. The molecule has 31 heavy (non-hydrogen) atoms. The molecule has 170 valence electrons. The van der Waals surface area contributed by atoms with Gasteiger partial charge in [-0.2, -0.15) is 0 Å². The Kier molecular flexibility index (Phi) is 5.63. The fraction of sp³-hybridized carbons (Fsp3) is 0.667. The Morgan fingerprint density at radius 1 is 1.23 bits per heavy atom. The molecule has 1 aromatic rings. The molecule has 6 nitrogen and oxygen atoms in total. The van der Waals surface area contributed by atoms with Crippen molar-refractivity contribution in [1.29, 1.82) is 0 Å². The Balaban J connectivity index is 1.72. The molecule has 3 aliphatic rings. The Morgan fingerprint density at radius 3 is 2.52 bits per heavy atom. The van der Waals surface area contributed by atoms with Crippen molar-refractivity contribution in [2.24, 2.45) is 23.7 Å². The average Bonchev–Trinajstić information content (AvgIpc) is 3.24. The molecule has 7 atom stereocenters. The molecule has 1 saturated carbocycles. The first-order valence-corrected chi connectivity index (χ1v) is 11.1. The molecule has 2 saturated heterocycles. The zero-order valence-corrected chi connectivity index (χ0v) is 18.5. The van der Waals surface area contributed by atoms with Gasteiger partial charge in [0.1, 0.15) is 35.8 Å². The van der Waals surface area contributed by atoms with E-state index in [-0.39, 0.29) is 23.3 Å². The lowest BCUT2D eigenvalue weighted by Crippen LogP contribution is -2.62. The summed E-state index contributed by atoms with van der Waals surface area (Å²) in [6, 6.07) is 5.32. The molecule has 2 bridgehead atoms. The number of esters is 2. The van der Waals surface area contributed by atoms with Crippen LogP contribution in [-0.2, 0) is 19.0 Å². The Bertz CT molecular complexity index is 854. The monoisotopic (exact) mass is 434 g/mol. The zero-order chi connectivity index (χ0) is 22.6. The van der Waals surface area contributed by atoms with Crippen molar-refractivity contribution in [3.8, 4) is 0 Å². The van der Waals surface area contributed by atoms with Crippen LogP contribution < -0.4 is 0 Å². The van der Waals surface area contributed by atoms with Crippen LogP contribution in [-0.4, -0.2) is 47.1 Å². The molecule has 4 rings (SSSR count). The van der Waals surface area contributed by atoms with E-state index in [2.05, 4.69) is 6.92 Å². The molecule has 3 fully saturated rings. The predicted molar refractivity (Wildman–Crippen MR) is 110 cm³/mol. The first-order chi connectivity index (χ1) is 14.6. The van der Waals surface area contributed by atoms with Gasteiger partial charge in [-0.25, -0.2) is 14.0 Å². The second-order valence-corrected chi connectivity index (χ2v) is 9.81. The highest BCUT2D eigenvalue weighted by Gasteiger charge is 2.72. The normalized spacial score (nSPS) is 38.7. The molecule has 2 heterocycles. The van der Waals surface area contributed by atoms with Gasteiger partial charge in [-0.05, 0) is 61.8 Å². The van der Waals surface area contributed by atoms with Crippen LogP contribution in [0.15, 0.2) is 24.3 Å². The molecule has 2 aliphatic heterocycles. The van der Waals surface area contributed by atoms with Crippen molar-refractivity contribution >= 4 is 11.9 Å². The maximum absolute atomic E-state index is 13.3. The van der Waals surface area contributed by atoms with E-state index in [0.29, 0.717) is 12.3 Å². The van der Waals surface area contributed by atoms with Crippen molar-refractivity contribution in [2.75, 3.05) is 6.61 Å². The van der Waals surface area contributed by atoms with Gasteiger partial charge in [0.15, 0.2) is 0 Å². The third-order valence-electron chi connectivity index (χ3n) is 7.87. The number of fused-ring (bicyclic) bond motifs is 4. The van der Waals surface area contributed by atoms with Gasteiger partial charge in [-0.15, -0.1) is 0 Å². The summed E-state index contributed by atoms with van der Waals surface area (Å²) in [7, 11) is 0. The van der Waals surface area contributed by atoms with Gasteiger partial charge in [0.25, 0.3) is 0 Å². The standard InChI is InChI=1S/C24H31FO6/c1-13(2)24-11-18(29-19(27)12-26)23(4,31-24)17-10-5-14(3)20(17)21(24)30-22(28)15-6-8-16(25)9-7-15/h6-9,13-14,17-18,20-21,26H,5,10-12H2,1-4H3/t14-,17?,18?,20?,21+,23-,24+/m1/s1. The first-order valence-electron chi connectivity index (χ1n) is 11.1. The number of carbonyl (C=O) groups is 2. The SMILES string of the molecule is CC(C)[C@]12CC(OC(=O)CO)[C@](C)(O1)C1CC[C@@H](C)C1[C@@H]2OC(=O)c1ccc(F)cc1. The fourth-order valence-corrected chi connectivity index (χ4v) is 6.21. The van der Waals surface area contributed by atoms with E-state index in [9.17, 15) is 19.1 Å². The summed E-state index contributed by atoms with van der Waals surface area (Å²) in [5.74, 6) is -1.19. The van der Waals surface area contributed by atoms with Gasteiger partial charge in [-0.1, -0.05) is 20.8 Å².